The van der Waals surface area contributed by atoms with Crippen molar-refractivity contribution in [3.05, 3.63) is 33.3 Å². The molecule has 90 valence electrons. The van der Waals surface area contributed by atoms with Gasteiger partial charge in [-0.3, -0.25) is 0 Å². The fraction of sp³-hybridized carbons (Fsp3) is 0.200. The lowest BCUT2D eigenvalue weighted by molar-refractivity contribution is -0.138. The quantitative estimate of drug-likeness (QED) is 0.749. The minimum absolute atomic E-state index is 0.0646. The molecule has 0 N–H and O–H groups in total. The Kier molecular flexibility index (Phi) is 3.78. The Labute approximate surface area is 103 Å². The van der Waals surface area contributed by atoms with Crippen LogP contribution in [0.4, 0.5) is 13.2 Å². The zero-order chi connectivity index (χ0) is 13.2. The van der Waals surface area contributed by atoms with Gasteiger partial charge in [-0.15, -0.1) is 0 Å². The average Bonchev–Trinajstić information content (AvgIpc) is 2.24. The van der Waals surface area contributed by atoms with Crippen LogP contribution < -0.4 is 0 Å². The van der Waals surface area contributed by atoms with Gasteiger partial charge in [-0.2, -0.15) is 18.4 Å². The zero-order valence-corrected chi connectivity index (χ0v) is 10.0. The van der Waals surface area contributed by atoms with E-state index in [1.54, 1.807) is 6.07 Å². The van der Waals surface area contributed by atoms with E-state index in [1.165, 1.54) is 0 Å². The molecule has 1 aromatic carbocycles. The summed E-state index contributed by atoms with van der Waals surface area (Å²) in [6.07, 6.45) is -4.71. The van der Waals surface area contributed by atoms with Gasteiger partial charge in [0.25, 0.3) is 0 Å². The molecule has 0 radical (unpaired) electrons. The number of carbonyl (C=O) groups excluding carboxylic acids is 1. The molecule has 0 unspecified atom stereocenters. The van der Waals surface area contributed by atoms with Crippen LogP contribution in [0.3, 0.4) is 0 Å². The first-order valence-electron chi connectivity index (χ1n) is 4.20. The van der Waals surface area contributed by atoms with E-state index in [-0.39, 0.29) is 10.0 Å². The molecule has 1 aromatic rings. The van der Waals surface area contributed by atoms with Crippen molar-refractivity contribution in [2.24, 2.45) is 0 Å². The van der Waals surface area contributed by atoms with Gasteiger partial charge in [-0.1, -0.05) is 15.9 Å². The van der Waals surface area contributed by atoms with Crippen LogP contribution in [0.25, 0.3) is 0 Å². The smallest absolute Gasteiger partial charge is 0.418 e. The van der Waals surface area contributed by atoms with Crippen molar-refractivity contribution in [2.75, 3.05) is 7.11 Å². The molecule has 0 bridgehead atoms. The van der Waals surface area contributed by atoms with Crippen molar-refractivity contribution in [1.82, 2.24) is 0 Å². The molecule has 0 heterocycles. The number of halogens is 4. The summed E-state index contributed by atoms with van der Waals surface area (Å²) in [6.45, 7) is 0. The number of ether oxygens (including phenoxy) is 1. The molecule has 3 nitrogen and oxygen atoms in total. The van der Waals surface area contributed by atoms with Crippen molar-refractivity contribution < 1.29 is 22.7 Å². The highest BCUT2D eigenvalue weighted by atomic mass is 79.9. The van der Waals surface area contributed by atoms with E-state index in [1.807, 2.05) is 0 Å². The molecule has 0 aliphatic carbocycles. The van der Waals surface area contributed by atoms with Crippen LogP contribution >= 0.6 is 15.9 Å². The number of nitrogens with zero attached hydrogens (tertiary/aromatic N) is 1. The van der Waals surface area contributed by atoms with E-state index >= 15 is 0 Å². The van der Waals surface area contributed by atoms with Gasteiger partial charge in [0.1, 0.15) is 0 Å². The van der Waals surface area contributed by atoms with Crippen LogP contribution in [0.15, 0.2) is 16.6 Å². The third-order valence-electron chi connectivity index (χ3n) is 1.91. The zero-order valence-electron chi connectivity index (χ0n) is 8.43. The van der Waals surface area contributed by atoms with Crippen molar-refractivity contribution in [3.63, 3.8) is 0 Å². The van der Waals surface area contributed by atoms with Crippen molar-refractivity contribution >= 4 is 21.9 Å². The Hall–Kier alpha value is -1.55. The standard InChI is InChI=1S/C10H5BrF3NO2/c1-17-9(16)6-2-5(4-15)3-7(11)8(6)10(12,13)14/h2-3H,1H3. The van der Waals surface area contributed by atoms with Gasteiger partial charge in [-0.05, 0) is 12.1 Å². The second kappa shape index (κ2) is 4.75. The average molecular weight is 308 g/mol. The number of benzene rings is 1. The highest BCUT2D eigenvalue weighted by molar-refractivity contribution is 9.10. The van der Waals surface area contributed by atoms with Gasteiger partial charge in [0.05, 0.1) is 29.9 Å². The number of rotatable bonds is 1. The van der Waals surface area contributed by atoms with Crippen molar-refractivity contribution in [3.8, 4) is 6.07 Å². The molecule has 0 aliphatic rings. The maximum absolute atomic E-state index is 12.7. The highest BCUT2D eigenvalue weighted by Gasteiger charge is 2.38. The molecular weight excluding hydrogens is 303 g/mol. The number of methoxy groups -OCH3 is 1. The molecule has 0 amide bonds. The van der Waals surface area contributed by atoms with E-state index in [4.69, 9.17) is 5.26 Å². The summed E-state index contributed by atoms with van der Waals surface area (Å²) in [4.78, 5) is 11.2. The number of hydrogen-bond donors (Lipinski definition) is 0. The molecule has 0 atom stereocenters. The van der Waals surface area contributed by atoms with E-state index in [2.05, 4.69) is 20.7 Å². The van der Waals surface area contributed by atoms with Crippen molar-refractivity contribution in [1.29, 1.82) is 5.26 Å². The minimum atomic E-state index is -4.71. The molecule has 0 fully saturated rings. The van der Waals surface area contributed by atoms with Crippen LogP contribution in [0, 0.1) is 11.3 Å². The second-order valence-corrected chi connectivity index (χ2v) is 3.84. The Balaban J connectivity index is 3.58. The van der Waals surface area contributed by atoms with Gasteiger partial charge >= 0.3 is 12.1 Å². The topological polar surface area (TPSA) is 50.1 Å². The molecule has 0 aliphatic heterocycles. The number of carbonyl (C=O) groups is 1. The number of nitriles is 1. The highest BCUT2D eigenvalue weighted by Crippen LogP contribution is 2.38. The first kappa shape index (κ1) is 13.5. The monoisotopic (exact) mass is 307 g/mol. The fourth-order valence-electron chi connectivity index (χ4n) is 1.23. The lowest BCUT2D eigenvalue weighted by Crippen LogP contribution is -2.15. The number of hydrogen-bond acceptors (Lipinski definition) is 3. The van der Waals surface area contributed by atoms with E-state index in [0.717, 1.165) is 19.2 Å². The lowest BCUT2D eigenvalue weighted by Gasteiger charge is -2.13. The van der Waals surface area contributed by atoms with Crippen LogP contribution in [0.2, 0.25) is 0 Å². The molecule has 1 rings (SSSR count). The molecule has 0 saturated carbocycles. The van der Waals surface area contributed by atoms with Gasteiger partial charge < -0.3 is 4.74 Å². The third-order valence-corrected chi connectivity index (χ3v) is 2.53. The summed E-state index contributed by atoms with van der Waals surface area (Å²) >= 11 is 2.69. The first-order valence-corrected chi connectivity index (χ1v) is 4.99. The van der Waals surface area contributed by atoms with Crippen LogP contribution in [0.5, 0.6) is 0 Å². The Morgan fingerprint density at radius 3 is 2.47 bits per heavy atom. The van der Waals surface area contributed by atoms with Crippen molar-refractivity contribution in [2.45, 2.75) is 6.18 Å². The third kappa shape index (κ3) is 2.77. The first-order chi connectivity index (χ1) is 7.81. The normalized spacial score (nSPS) is 10.8. The number of alkyl halides is 3. The summed E-state index contributed by atoms with van der Waals surface area (Å²) in [5.74, 6) is -1.14. The lowest BCUT2D eigenvalue weighted by atomic mass is 10.0. The van der Waals surface area contributed by atoms with Gasteiger partial charge in [0, 0.05) is 4.47 Å². The summed E-state index contributed by atoms with van der Waals surface area (Å²) < 4.78 is 42.0. The van der Waals surface area contributed by atoms with Gasteiger partial charge in [-0.25, -0.2) is 4.79 Å². The second-order valence-electron chi connectivity index (χ2n) is 2.98. The molecule has 0 spiro atoms. The van der Waals surface area contributed by atoms with E-state index < -0.39 is 23.3 Å². The van der Waals surface area contributed by atoms with E-state index in [0.29, 0.717) is 0 Å². The summed E-state index contributed by atoms with van der Waals surface area (Å²) in [7, 11) is 0.968. The molecule has 0 aromatic heterocycles. The predicted molar refractivity (Wildman–Crippen MR) is 55.2 cm³/mol. The summed E-state index contributed by atoms with van der Waals surface area (Å²) in [5.41, 5.74) is -1.90. The Bertz CT molecular complexity index is 505. The SMILES string of the molecule is COC(=O)c1cc(C#N)cc(Br)c1C(F)(F)F. The number of esters is 1. The van der Waals surface area contributed by atoms with Crippen LogP contribution in [-0.2, 0) is 10.9 Å². The molecule has 17 heavy (non-hydrogen) atoms. The molecular formula is C10H5BrF3NO2. The predicted octanol–water partition coefficient (Wildman–Crippen LogP) is 3.13. The summed E-state index contributed by atoms with van der Waals surface area (Å²) in [6, 6.07) is 3.50. The van der Waals surface area contributed by atoms with Crippen LogP contribution in [0.1, 0.15) is 21.5 Å². The Morgan fingerprint density at radius 2 is 2.06 bits per heavy atom. The van der Waals surface area contributed by atoms with Gasteiger partial charge in [0.15, 0.2) is 0 Å². The molecule has 7 heteroatoms. The molecule has 0 saturated heterocycles. The van der Waals surface area contributed by atoms with E-state index in [9.17, 15) is 18.0 Å². The Morgan fingerprint density at radius 1 is 1.47 bits per heavy atom. The minimum Gasteiger partial charge on any atom is -0.465 e. The van der Waals surface area contributed by atoms with Crippen LogP contribution in [-0.4, -0.2) is 13.1 Å². The van der Waals surface area contributed by atoms with Gasteiger partial charge in [0.2, 0.25) is 0 Å². The maximum atomic E-state index is 12.7. The fourth-order valence-corrected chi connectivity index (χ4v) is 1.92. The maximum Gasteiger partial charge on any atom is 0.418 e. The largest absolute Gasteiger partial charge is 0.465 e. The summed E-state index contributed by atoms with van der Waals surface area (Å²) in [5, 5.41) is 8.63.